The normalized spacial score (nSPS) is 25.2. The van der Waals surface area contributed by atoms with E-state index >= 15 is 0 Å². The van der Waals surface area contributed by atoms with Gasteiger partial charge in [0.25, 0.3) is 0 Å². The smallest absolute Gasteiger partial charge is 0.0594 e. The van der Waals surface area contributed by atoms with Crippen molar-refractivity contribution in [2.45, 2.75) is 31.8 Å². The molecule has 0 amide bonds. The fourth-order valence-corrected chi connectivity index (χ4v) is 3.30. The number of morpholine rings is 1. The molecule has 0 aromatic heterocycles. The Labute approximate surface area is 115 Å². The Balaban J connectivity index is 1.54. The van der Waals surface area contributed by atoms with Gasteiger partial charge in [-0.25, -0.2) is 0 Å². The van der Waals surface area contributed by atoms with Crippen LogP contribution in [0.1, 0.15) is 30.5 Å². The number of nitrogens with zero attached hydrogens (tertiary/aromatic N) is 1. The number of benzene rings is 1. The summed E-state index contributed by atoms with van der Waals surface area (Å²) >= 11 is 0. The van der Waals surface area contributed by atoms with Gasteiger partial charge in [-0.1, -0.05) is 24.3 Å². The largest absolute Gasteiger partial charge is 0.379 e. The predicted molar refractivity (Wildman–Crippen MR) is 77.4 cm³/mol. The van der Waals surface area contributed by atoms with Gasteiger partial charge in [-0.05, 0) is 30.9 Å². The molecular weight excluding hydrogens is 236 g/mol. The van der Waals surface area contributed by atoms with Crippen LogP contribution in [0.15, 0.2) is 24.3 Å². The van der Waals surface area contributed by atoms with Crippen molar-refractivity contribution >= 4 is 0 Å². The standard InChI is InChI=1S/C16H24N2O/c1-13(12-18-8-10-19-11-9-18)17-16-7-6-14-4-2-3-5-15(14)16/h2-5,13,16-17H,6-12H2,1H3. The van der Waals surface area contributed by atoms with Crippen molar-refractivity contribution in [1.29, 1.82) is 0 Å². The van der Waals surface area contributed by atoms with E-state index in [2.05, 4.69) is 41.4 Å². The second-order valence-corrected chi connectivity index (χ2v) is 5.77. The van der Waals surface area contributed by atoms with Crippen molar-refractivity contribution in [3.8, 4) is 0 Å². The van der Waals surface area contributed by atoms with Gasteiger partial charge in [-0.15, -0.1) is 0 Å². The first-order valence-electron chi connectivity index (χ1n) is 7.47. The average molecular weight is 260 g/mol. The maximum atomic E-state index is 5.40. The van der Waals surface area contributed by atoms with Gasteiger partial charge in [0.15, 0.2) is 0 Å². The molecule has 1 aromatic rings. The van der Waals surface area contributed by atoms with Gasteiger partial charge in [0, 0.05) is 31.7 Å². The Morgan fingerprint density at radius 3 is 2.95 bits per heavy atom. The van der Waals surface area contributed by atoms with Gasteiger partial charge in [0.1, 0.15) is 0 Å². The third-order valence-electron chi connectivity index (χ3n) is 4.25. The predicted octanol–water partition coefficient (Wildman–Crippen LogP) is 1.98. The van der Waals surface area contributed by atoms with E-state index in [0.29, 0.717) is 12.1 Å². The minimum Gasteiger partial charge on any atom is -0.379 e. The minimum atomic E-state index is 0.536. The Morgan fingerprint density at radius 2 is 2.11 bits per heavy atom. The lowest BCUT2D eigenvalue weighted by Crippen LogP contribution is -2.45. The van der Waals surface area contributed by atoms with Crippen molar-refractivity contribution in [2.24, 2.45) is 0 Å². The van der Waals surface area contributed by atoms with Crippen molar-refractivity contribution in [2.75, 3.05) is 32.8 Å². The van der Waals surface area contributed by atoms with Crippen molar-refractivity contribution in [3.05, 3.63) is 35.4 Å². The van der Waals surface area contributed by atoms with Crippen LogP contribution in [0.4, 0.5) is 0 Å². The van der Waals surface area contributed by atoms with Crippen LogP contribution < -0.4 is 5.32 Å². The number of ether oxygens (including phenoxy) is 1. The first-order chi connectivity index (χ1) is 9.33. The quantitative estimate of drug-likeness (QED) is 0.896. The third kappa shape index (κ3) is 3.16. The summed E-state index contributed by atoms with van der Waals surface area (Å²) in [4.78, 5) is 2.50. The van der Waals surface area contributed by atoms with Crippen LogP contribution in [0.3, 0.4) is 0 Å². The molecule has 1 saturated heterocycles. The second kappa shape index (κ2) is 6.04. The number of fused-ring (bicyclic) bond motifs is 1. The minimum absolute atomic E-state index is 0.536. The van der Waals surface area contributed by atoms with Crippen LogP contribution in [-0.2, 0) is 11.2 Å². The van der Waals surface area contributed by atoms with E-state index in [-0.39, 0.29) is 0 Å². The number of rotatable bonds is 4. The zero-order chi connectivity index (χ0) is 13.1. The highest BCUT2D eigenvalue weighted by Gasteiger charge is 2.23. The third-order valence-corrected chi connectivity index (χ3v) is 4.25. The van der Waals surface area contributed by atoms with E-state index in [1.54, 1.807) is 0 Å². The maximum absolute atomic E-state index is 5.40. The molecule has 104 valence electrons. The summed E-state index contributed by atoms with van der Waals surface area (Å²) in [5.74, 6) is 0. The summed E-state index contributed by atoms with van der Waals surface area (Å²) in [6, 6.07) is 9.94. The van der Waals surface area contributed by atoms with Crippen LogP contribution in [0.2, 0.25) is 0 Å². The first-order valence-corrected chi connectivity index (χ1v) is 7.47. The maximum Gasteiger partial charge on any atom is 0.0594 e. The molecule has 19 heavy (non-hydrogen) atoms. The van der Waals surface area contributed by atoms with E-state index in [1.807, 2.05) is 0 Å². The van der Waals surface area contributed by atoms with Gasteiger partial charge in [-0.2, -0.15) is 0 Å². The lowest BCUT2D eigenvalue weighted by Gasteiger charge is -2.30. The molecule has 1 fully saturated rings. The van der Waals surface area contributed by atoms with Crippen LogP contribution in [-0.4, -0.2) is 43.8 Å². The molecule has 0 radical (unpaired) electrons. The molecule has 1 aliphatic carbocycles. The zero-order valence-corrected chi connectivity index (χ0v) is 11.8. The molecule has 3 heteroatoms. The Morgan fingerprint density at radius 1 is 1.32 bits per heavy atom. The fourth-order valence-electron chi connectivity index (χ4n) is 3.30. The number of aryl methyl sites for hydroxylation is 1. The molecule has 3 nitrogen and oxygen atoms in total. The fraction of sp³-hybridized carbons (Fsp3) is 0.625. The summed E-state index contributed by atoms with van der Waals surface area (Å²) in [6.45, 7) is 7.36. The van der Waals surface area contributed by atoms with Crippen LogP contribution in [0.5, 0.6) is 0 Å². The molecule has 1 N–H and O–H groups in total. The van der Waals surface area contributed by atoms with Crippen LogP contribution in [0, 0.1) is 0 Å². The van der Waals surface area contributed by atoms with E-state index in [0.717, 1.165) is 32.8 Å². The molecular formula is C16H24N2O. The van der Waals surface area contributed by atoms with E-state index < -0.39 is 0 Å². The van der Waals surface area contributed by atoms with E-state index in [4.69, 9.17) is 4.74 Å². The molecule has 0 saturated carbocycles. The van der Waals surface area contributed by atoms with Gasteiger partial charge in [-0.3, -0.25) is 4.90 Å². The van der Waals surface area contributed by atoms with Gasteiger partial charge >= 0.3 is 0 Å². The highest BCUT2D eigenvalue weighted by atomic mass is 16.5. The lowest BCUT2D eigenvalue weighted by molar-refractivity contribution is 0.0338. The molecule has 1 aromatic carbocycles. The Hall–Kier alpha value is -0.900. The number of hydrogen-bond acceptors (Lipinski definition) is 3. The Kier molecular flexibility index (Phi) is 4.16. The van der Waals surface area contributed by atoms with E-state index in [9.17, 15) is 0 Å². The average Bonchev–Trinajstić information content (AvgIpc) is 2.83. The molecule has 3 rings (SSSR count). The molecule has 1 heterocycles. The highest BCUT2D eigenvalue weighted by Crippen LogP contribution is 2.30. The summed E-state index contributed by atoms with van der Waals surface area (Å²) < 4.78 is 5.40. The summed E-state index contributed by atoms with van der Waals surface area (Å²) in [6.07, 6.45) is 2.46. The Bertz CT molecular complexity index is 415. The molecule has 0 bridgehead atoms. The van der Waals surface area contributed by atoms with Crippen molar-refractivity contribution in [3.63, 3.8) is 0 Å². The molecule has 2 aliphatic rings. The van der Waals surface area contributed by atoms with Gasteiger partial charge < -0.3 is 10.1 Å². The number of hydrogen-bond donors (Lipinski definition) is 1. The van der Waals surface area contributed by atoms with Crippen molar-refractivity contribution < 1.29 is 4.74 Å². The second-order valence-electron chi connectivity index (χ2n) is 5.77. The molecule has 1 aliphatic heterocycles. The molecule has 2 unspecified atom stereocenters. The SMILES string of the molecule is CC(CN1CCOCC1)NC1CCc2ccccc21. The number of nitrogens with one attached hydrogen (secondary N) is 1. The molecule has 2 atom stereocenters. The summed E-state index contributed by atoms with van der Waals surface area (Å²) in [7, 11) is 0. The summed E-state index contributed by atoms with van der Waals surface area (Å²) in [5.41, 5.74) is 3.04. The first kappa shape index (κ1) is 13.1. The summed E-state index contributed by atoms with van der Waals surface area (Å²) in [5, 5.41) is 3.80. The van der Waals surface area contributed by atoms with Crippen LogP contribution in [0.25, 0.3) is 0 Å². The topological polar surface area (TPSA) is 24.5 Å². The van der Waals surface area contributed by atoms with Gasteiger partial charge in [0.05, 0.1) is 13.2 Å². The van der Waals surface area contributed by atoms with Crippen LogP contribution >= 0.6 is 0 Å². The molecule has 0 spiro atoms. The monoisotopic (exact) mass is 260 g/mol. The van der Waals surface area contributed by atoms with E-state index in [1.165, 1.54) is 24.0 Å². The zero-order valence-electron chi connectivity index (χ0n) is 11.8. The highest BCUT2D eigenvalue weighted by molar-refractivity contribution is 5.34. The van der Waals surface area contributed by atoms with Gasteiger partial charge in [0.2, 0.25) is 0 Å². The lowest BCUT2D eigenvalue weighted by atomic mass is 10.1. The van der Waals surface area contributed by atoms with Crippen molar-refractivity contribution in [1.82, 2.24) is 10.2 Å².